The molecule has 0 fully saturated rings. The lowest BCUT2D eigenvalue weighted by atomic mass is 9.72. The number of halogens is 1. The highest BCUT2D eigenvalue weighted by molar-refractivity contribution is 6.30. The van der Waals surface area contributed by atoms with Crippen molar-refractivity contribution in [3.8, 4) is 16.9 Å². The summed E-state index contributed by atoms with van der Waals surface area (Å²) in [5.41, 5.74) is 5.51. The molecule has 0 saturated heterocycles. The fourth-order valence-corrected chi connectivity index (χ4v) is 6.57. The number of benzene rings is 3. The first-order valence-electron chi connectivity index (χ1n) is 15.2. The molecular formula is C36H47ClO7. The molecule has 0 heterocycles. The molecule has 4 rings (SSSR count). The van der Waals surface area contributed by atoms with Crippen molar-refractivity contribution in [1.29, 1.82) is 0 Å². The van der Waals surface area contributed by atoms with Gasteiger partial charge in [0.1, 0.15) is 17.3 Å². The maximum atomic E-state index is 13.3. The van der Waals surface area contributed by atoms with Gasteiger partial charge in [-0.1, -0.05) is 54.1 Å². The molecule has 0 aromatic heterocycles. The Bertz CT molecular complexity index is 1430. The van der Waals surface area contributed by atoms with Gasteiger partial charge in [0.2, 0.25) is 0 Å². The molecule has 0 radical (unpaired) electrons. The average molecular weight is 627 g/mol. The lowest BCUT2D eigenvalue weighted by molar-refractivity contribution is -0.131. The quantitative estimate of drug-likeness (QED) is 0.135. The number of carbonyl (C=O) groups is 3. The van der Waals surface area contributed by atoms with Crippen LogP contribution in [0, 0.1) is 17.8 Å². The highest BCUT2D eigenvalue weighted by atomic mass is 35.5. The molecule has 1 aliphatic carbocycles. The molecular weight excluding hydrogens is 580 g/mol. The standard InChI is InChI=1S/C36H41ClO6.H2O.2H2/c1-23(40)18-34(42)32(22-39)28(16-17-38)19-26-20-31-30(14-15-33(41)36(31)35(43)21-26)27-10-6-24(7-11-27)4-2-3-5-25-8-12-29(37)13-9-25;;;/h6-15,26,28,32,38-39,41H,2-5,16-22H2,1H3;1H2;2*1H. The van der Waals surface area contributed by atoms with Crippen molar-refractivity contribution in [3.63, 3.8) is 0 Å². The van der Waals surface area contributed by atoms with E-state index >= 15 is 0 Å². The second-order valence-electron chi connectivity index (χ2n) is 11.9. The number of Topliss-reactive ketones (excluding diaryl/α,β-unsaturated/α-hetero) is 3. The summed E-state index contributed by atoms with van der Waals surface area (Å²) in [5.74, 6) is -2.04. The van der Waals surface area contributed by atoms with E-state index in [4.69, 9.17) is 11.6 Å². The predicted octanol–water partition coefficient (Wildman–Crippen LogP) is 6.24. The summed E-state index contributed by atoms with van der Waals surface area (Å²) in [6.45, 7) is 0.770. The van der Waals surface area contributed by atoms with Crippen molar-refractivity contribution in [2.45, 2.75) is 64.7 Å². The van der Waals surface area contributed by atoms with Crippen LogP contribution >= 0.6 is 11.6 Å². The van der Waals surface area contributed by atoms with Gasteiger partial charge in [0.15, 0.2) is 5.78 Å². The molecule has 0 aliphatic heterocycles. The van der Waals surface area contributed by atoms with Gasteiger partial charge < -0.3 is 20.8 Å². The lowest BCUT2D eigenvalue weighted by Gasteiger charge is -2.31. The zero-order chi connectivity index (χ0) is 30.9. The summed E-state index contributed by atoms with van der Waals surface area (Å²) in [4.78, 5) is 37.6. The Morgan fingerprint density at radius 2 is 1.55 bits per heavy atom. The van der Waals surface area contributed by atoms with E-state index in [1.807, 2.05) is 18.2 Å². The summed E-state index contributed by atoms with van der Waals surface area (Å²) in [7, 11) is 0. The smallest absolute Gasteiger partial charge is 0.167 e. The highest BCUT2D eigenvalue weighted by Gasteiger charge is 2.35. The van der Waals surface area contributed by atoms with E-state index in [2.05, 4.69) is 36.4 Å². The number of ketones is 3. The van der Waals surface area contributed by atoms with Crippen LogP contribution in [0.25, 0.3) is 11.1 Å². The Morgan fingerprint density at radius 3 is 2.11 bits per heavy atom. The number of aromatic hydroxyl groups is 1. The summed E-state index contributed by atoms with van der Waals surface area (Å²) in [6, 6.07) is 19.8. The molecule has 0 spiro atoms. The number of rotatable bonds is 15. The number of aryl methyl sites for hydroxylation is 2. The maximum Gasteiger partial charge on any atom is 0.167 e. The van der Waals surface area contributed by atoms with E-state index in [0.29, 0.717) is 24.8 Å². The van der Waals surface area contributed by atoms with Crippen LogP contribution in [0.4, 0.5) is 0 Å². The Hall–Kier alpha value is -3.36. The molecule has 3 aromatic carbocycles. The van der Waals surface area contributed by atoms with Gasteiger partial charge in [-0.3, -0.25) is 14.4 Å². The summed E-state index contributed by atoms with van der Waals surface area (Å²) in [5, 5.41) is 31.1. The molecule has 1 aliphatic rings. The Kier molecular flexibility index (Phi) is 13.3. The molecule has 3 unspecified atom stereocenters. The first kappa shape index (κ1) is 35.1. The monoisotopic (exact) mass is 626 g/mol. The van der Waals surface area contributed by atoms with Gasteiger partial charge >= 0.3 is 0 Å². The van der Waals surface area contributed by atoms with Gasteiger partial charge in [0.05, 0.1) is 18.6 Å². The molecule has 8 heteroatoms. The third kappa shape index (κ3) is 9.08. The zero-order valence-corrected chi connectivity index (χ0v) is 26.0. The van der Waals surface area contributed by atoms with Crippen molar-refractivity contribution in [2.24, 2.45) is 17.8 Å². The Morgan fingerprint density at radius 1 is 0.932 bits per heavy atom. The Balaban J connectivity index is 0.00000353. The van der Waals surface area contributed by atoms with Crippen LogP contribution in [0.1, 0.15) is 75.4 Å². The van der Waals surface area contributed by atoms with Gasteiger partial charge in [0, 0.05) is 26.8 Å². The molecule has 0 saturated carbocycles. The van der Waals surface area contributed by atoms with Crippen LogP contribution in [0.15, 0.2) is 60.7 Å². The second kappa shape index (κ2) is 16.6. The van der Waals surface area contributed by atoms with Crippen molar-refractivity contribution in [2.75, 3.05) is 13.2 Å². The minimum atomic E-state index is -0.769. The first-order chi connectivity index (χ1) is 20.7. The van der Waals surface area contributed by atoms with E-state index < -0.39 is 12.5 Å². The van der Waals surface area contributed by atoms with Gasteiger partial charge in [0.25, 0.3) is 0 Å². The normalized spacial score (nSPS) is 15.6. The van der Waals surface area contributed by atoms with Crippen LogP contribution in [-0.4, -0.2) is 51.4 Å². The fourth-order valence-electron chi connectivity index (χ4n) is 6.45. The number of hydrogen-bond acceptors (Lipinski definition) is 6. The minimum absolute atomic E-state index is 0. The predicted molar refractivity (Wildman–Crippen MR) is 176 cm³/mol. The van der Waals surface area contributed by atoms with Crippen molar-refractivity contribution in [1.82, 2.24) is 0 Å². The molecule has 240 valence electrons. The number of aliphatic hydroxyl groups is 2. The number of phenols is 1. The molecule has 3 aromatic rings. The van der Waals surface area contributed by atoms with E-state index in [-0.39, 0.29) is 62.7 Å². The number of hydrogen-bond donors (Lipinski definition) is 3. The van der Waals surface area contributed by atoms with E-state index in [1.165, 1.54) is 18.1 Å². The van der Waals surface area contributed by atoms with E-state index in [1.54, 1.807) is 6.07 Å². The number of fused-ring (bicyclic) bond motifs is 1. The Labute approximate surface area is 267 Å². The summed E-state index contributed by atoms with van der Waals surface area (Å²) < 4.78 is 0. The number of aliphatic hydroxyl groups excluding tert-OH is 2. The van der Waals surface area contributed by atoms with Crippen LogP contribution in [0.5, 0.6) is 5.75 Å². The van der Waals surface area contributed by atoms with Crippen molar-refractivity contribution >= 4 is 29.0 Å². The third-order valence-corrected chi connectivity index (χ3v) is 8.89. The maximum absolute atomic E-state index is 13.3. The second-order valence-corrected chi connectivity index (χ2v) is 12.3. The summed E-state index contributed by atoms with van der Waals surface area (Å²) >= 11 is 5.98. The molecule has 5 N–H and O–H groups in total. The molecule has 0 bridgehead atoms. The molecule has 0 amide bonds. The third-order valence-electron chi connectivity index (χ3n) is 8.63. The van der Waals surface area contributed by atoms with Gasteiger partial charge in [-0.25, -0.2) is 0 Å². The SMILES string of the molecule is CC(=O)CC(=O)C(CO)C(CCO)CC1CC(=O)c2c(O)ccc(-c3ccc(CCCCc4ccc(Cl)cc4)cc3)c2C1.O.[HH].[HH]. The van der Waals surface area contributed by atoms with Crippen LogP contribution in [0.2, 0.25) is 5.02 Å². The highest BCUT2D eigenvalue weighted by Crippen LogP contribution is 2.41. The van der Waals surface area contributed by atoms with Crippen LogP contribution in [-0.2, 0) is 28.9 Å². The topological polar surface area (TPSA) is 143 Å². The lowest BCUT2D eigenvalue weighted by Crippen LogP contribution is -2.32. The molecule has 44 heavy (non-hydrogen) atoms. The number of carbonyl (C=O) groups excluding carboxylic acids is 3. The molecule has 3 atom stereocenters. The molecule has 7 nitrogen and oxygen atoms in total. The minimum Gasteiger partial charge on any atom is -0.507 e. The van der Waals surface area contributed by atoms with Gasteiger partial charge in [-0.2, -0.15) is 0 Å². The zero-order valence-electron chi connectivity index (χ0n) is 25.2. The van der Waals surface area contributed by atoms with Gasteiger partial charge in [-0.05, 0) is 110 Å². The summed E-state index contributed by atoms with van der Waals surface area (Å²) in [6.07, 6.45) is 5.33. The number of unbranched alkanes of at least 4 members (excludes halogenated alkanes) is 1. The van der Waals surface area contributed by atoms with Gasteiger partial charge in [-0.15, -0.1) is 0 Å². The average Bonchev–Trinajstić information content (AvgIpc) is 2.97. The first-order valence-corrected chi connectivity index (χ1v) is 15.5. The van der Waals surface area contributed by atoms with Crippen molar-refractivity contribution < 1.29 is 38.0 Å². The number of phenolic OH excluding ortho intramolecular Hbond substituents is 1. The fraction of sp³-hybridized carbons (Fsp3) is 0.417. The largest absolute Gasteiger partial charge is 0.507 e. The van der Waals surface area contributed by atoms with E-state index in [0.717, 1.165) is 47.4 Å². The van der Waals surface area contributed by atoms with Crippen molar-refractivity contribution in [3.05, 3.63) is 87.9 Å². The van der Waals surface area contributed by atoms with E-state index in [9.17, 15) is 29.7 Å². The van der Waals surface area contributed by atoms with Crippen LogP contribution in [0.3, 0.4) is 0 Å². The van der Waals surface area contributed by atoms with Crippen LogP contribution < -0.4 is 0 Å².